The van der Waals surface area contributed by atoms with Crippen molar-refractivity contribution in [1.29, 1.82) is 0 Å². The zero-order chi connectivity index (χ0) is 16.7. The third kappa shape index (κ3) is 5.56. The fourth-order valence-corrected chi connectivity index (χ4v) is 2.90. The molecule has 0 aliphatic carbocycles. The van der Waals surface area contributed by atoms with Gasteiger partial charge < -0.3 is 15.5 Å². The van der Waals surface area contributed by atoms with Crippen molar-refractivity contribution in [3.63, 3.8) is 0 Å². The van der Waals surface area contributed by atoms with Gasteiger partial charge in [-0.15, -0.1) is 11.3 Å². The van der Waals surface area contributed by atoms with Crippen LogP contribution in [-0.4, -0.2) is 31.6 Å². The maximum absolute atomic E-state index is 4.66. The predicted molar refractivity (Wildman–Crippen MR) is 99.3 cm³/mol. The van der Waals surface area contributed by atoms with Crippen LogP contribution in [0.4, 0.5) is 5.82 Å². The van der Waals surface area contributed by atoms with Crippen LogP contribution in [-0.2, 0) is 13.1 Å². The fourth-order valence-electron chi connectivity index (χ4n) is 2.07. The van der Waals surface area contributed by atoms with Gasteiger partial charge in [-0.05, 0) is 43.7 Å². The van der Waals surface area contributed by atoms with Gasteiger partial charge in [0.25, 0.3) is 0 Å². The molecule has 0 aliphatic heterocycles. The number of rotatable bonds is 6. The molecule has 0 amide bonds. The van der Waals surface area contributed by atoms with Gasteiger partial charge in [0.1, 0.15) is 5.82 Å². The van der Waals surface area contributed by atoms with E-state index in [-0.39, 0.29) is 0 Å². The molecule has 23 heavy (non-hydrogen) atoms. The molecule has 0 aromatic carbocycles. The highest BCUT2D eigenvalue weighted by Gasteiger charge is 2.02. The topological polar surface area (TPSA) is 52.6 Å². The lowest BCUT2D eigenvalue weighted by atomic mass is 10.2. The quantitative estimate of drug-likeness (QED) is 0.631. The van der Waals surface area contributed by atoms with Gasteiger partial charge in [-0.2, -0.15) is 0 Å². The van der Waals surface area contributed by atoms with Crippen molar-refractivity contribution in [3.05, 3.63) is 45.8 Å². The molecule has 2 aromatic rings. The minimum atomic E-state index is 0.627. The Morgan fingerprint density at radius 1 is 1.26 bits per heavy atom. The zero-order valence-electron chi connectivity index (χ0n) is 14.3. The van der Waals surface area contributed by atoms with Crippen LogP contribution in [0, 0.1) is 6.92 Å². The molecule has 0 unspecified atom stereocenters. The molecule has 5 nitrogen and oxygen atoms in total. The van der Waals surface area contributed by atoms with E-state index < -0.39 is 0 Å². The Morgan fingerprint density at radius 2 is 2.09 bits per heavy atom. The molecule has 0 atom stereocenters. The molecule has 0 saturated carbocycles. The lowest BCUT2D eigenvalue weighted by Gasteiger charge is -2.12. The summed E-state index contributed by atoms with van der Waals surface area (Å²) in [6, 6.07) is 8.37. The van der Waals surface area contributed by atoms with Crippen molar-refractivity contribution >= 4 is 23.1 Å². The Hall–Kier alpha value is -2.08. The number of hydrogen-bond acceptors (Lipinski definition) is 4. The molecular formula is C17H25N5S. The Labute approximate surface area is 142 Å². The number of guanidine groups is 1. The minimum absolute atomic E-state index is 0.627. The van der Waals surface area contributed by atoms with Crippen LogP contribution < -0.4 is 15.5 Å². The summed E-state index contributed by atoms with van der Waals surface area (Å²) in [5.74, 6) is 1.78. The van der Waals surface area contributed by atoms with E-state index in [1.54, 1.807) is 0 Å². The van der Waals surface area contributed by atoms with Gasteiger partial charge >= 0.3 is 0 Å². The van der Waals surface area contributed by atoms with Gasteiger partial charge in [0.2, 0.25) is 0 Å². The number of nitrogens with one attached hydrogen (secondary N) is 2. The van der Waals surface area contributed by atoms with Crippen molar-refractivity contribution in [1.82, 2.24) is 15.6 Å². The summed E-state index contributed by atoms with van der Waals surface area (Å²) in [5.41, 5.74) is 1.15. The first-order valence-electron chi connectivity index (χ1n) is 7.78. The smallest absolute Gasteiger partial charge is 0.191 e. The van der Waals surface area contributed by atoms with Crippen LogP contribution in [0.2, 0.25) is 0 Å². The van der Waals surface area contributed by atoms with Crippen LogP contribution >= 0.6 is 11.3 Å². The van der Waals surface area contributed by atoms with Crippen LogP contribution in [0.1, 0.15) is 22.2 Å². The molecule has 0 spiro atoms. The second-order valence-electron chi connectivity index (χ2n) is 5.48. The second kappa shape index (κ2) is 8.53. The number of nitrogens with zero attached hydrogens (tertiary/aromatic N) is 3. The van der Waals surface area contributed by atoms with Gasteiger partial charge in [-0.25, -0.2) is 9.98 Å². The third-order valence-corrected chi connectivity index (χ3v) is 4.26. The molecule has 2 N–H and O–H groups in total. The second-order valence-corrected chi connectivity index (χ2v) is 6.85. The molecule has 0 radical (unpaired) electrons. The summed E-state index contributed by atoms with van der Waals surface area (Å²) in [4.78, 5) is 13.6. The van der Waals surface area contributed by atoms with Crippen LogP contribution in [0.15, 0.2) is 35.5 Å². The van der Waals surface area contributed by atoms with Crippen molar-refractivity contribution in [2.45, 2.75) is 26.9 Å². The van der Waals surface area contributed by atoms with E-state index in [2.05, 4.69) is 52.7 Å². The van der Waals surface area contributed by atoms with Crippen LogP contribution in [0.3, 0.4) is 0 Å². The molecule has 0 fully saturated rings. The Morgan fingerprint density at radius 3 is 2.74 bits per heavy atom. The van der Waals surface area contributed by atoms with E-state index in [0.29, 0.717) is 6.54 Å². The number of aliphatic imine (C=N–C) groups is 1. The average Bonchev–Trinajstić information content (AvgIpc) is 2.96. The van der Waals surface area contributed by atoms with Crippen LogP contribution in [0.5, 0.6) is 0 Å². The van der Waals surface area contributed by atoms with E-state index in [9.17, 15) is 0 Å². The summed E-state index contributed by atoms with van der Waals surface area (Å²) in [6.45, 7) is 6.46. The third-order valence-electron chi connectivity index (χ3n) is 3.26. The van der Waals surface area contributed by atoms with Gasteiger partial charge in [-0.1, -0.05) is 0 Å². The van der Waals surface area contributed by atoms with E-state index in [1.807, 2.05) is 42.6 Å². The molecule has 2 heterocycles. The number of hydrogen-bond donors (Lipinski definition) is 2. The Balaban J connectivity index is 1.99. The van der Waals surface area contributed by atoms with E-state index in [1.165, 1.54) is 9.75 Å². The lowest BCUT2D eigenvalue weighted by Crippen LogP contribution is -2.36. The first-order valence-corrected chi connectivity index (χ1v) is 8.60. The van der Waals surface area contributed by atoms with Crippen molar-refractivity contribution < 1.29 is 0 Å². The lowest BCUT2D eigenvalue weighted by molar-refractivity contribution is 0.823. The van der Waals surface area contributed by atoms with Crippen molar-refractivity contribution in [2.24, 2.45) is 4.99 Å². The number of thiophene rings is 1. The molecule has 0 bridgehead atoms. The van der Waals surface area contributed by atoms with Gasteiger partial charge in [0.05, 0.1) is 13.1 Å². The van der Waals surface area contributed by atoms with E-state index in [4.69, 9.17) is 0 Å². The highest BCUT2D eigenvalue weighted by atomic mass is 32.1. The summed E-state index contributed by atoms with van der Waals surface area (Å²) < 4.78 is 0. The monoisotopic (exact) mass is 331 g/mol. The predicted octanol–water partition coefficient (Wildman–Crippen LogP) is 2.77. The molecule has 0 saturated heterocycles. The molecule has 2 rings (SSSR count). The van der Waals surface area contributed by atoms with Gasteiger partial charge in [0, 0.05) is 36.6 Å². The van der Waals surface area contributed by atoms with E-state index >= 15 is 0 Å². The minimum Gasteiger partial charge on any atom is -0.363 e. The molecule has 2 aromatic heterocycles. The van der Waals surface area contributed by atoms with Crippen LogP contribution in [0.25, 0.3) is 0 Å². The summed E-state index contributed by atoms with van der Waals surface area (Å²) in [5, 5.41) is 6.67. The Bertz CT molecular complexity index is 648. The fraction of sp³-hybridized carbons (Fsp3) is 0.412. The van der Waals surface area contributed by atoms with E-state index in [0.717, 1.165) is 30.4 Å². The average molecular weight is 331 g/mol. The first-order chi connectivity index (χ1) is 11.1. The summed E-state index contributed by atoms with van der Waals surface area (Å²) in [6.07, 6.45) is 1.83. The van der Waals surface area contributed by atoms with Crippen molar-refractivity contribution in [3.8, 4) is 0 Å². The molecule has 0 aliphatic rings. The SMILES string of the molecule is CCNC(=NCc1ccnc(N(C)C)c1)NCc1ccc(C)s1. The highest BCUT2D eigenvalue weighted by Crippen LogP contribution is 2.14. The Kier molecular flexibility index (Phi) is 6.40. The number of anilines is 1. The number of aryl methyl sites for hydroxylation is 1. The molecule has 124 valence electrons. The highest BCUT2D eigenvalue weighted by molar-refractivity contribution is 7.11. The summed E-state index contributed by atoms with van der Waals surface area (Å²) >= 11 is 1.81. The largest absolute Gasteiger partial charge is 0.363 e. The number of aromatic nitrogens is 1. The molecular weight excluding hydrogens is 306 g/mol. The standard InChI is InChI=1S/C17H25N5S/c1-5-18-17(21-12-15-7-6-13(2)23-15)20-11-14-8-9-19-16(10-14)22(3)4/h6-10H,5,11-12H2,1-4H3,(H2,18,20,21). The number of pyridine rings is 1. The summed E-state index contributed by atoms with van der Waals surface area (Å²) in [7, 11) is 3.98. The zero-order valence-corrected chi connectivity index (χ0v) is 15.1. The maximum atomic E-state index is 4.66. The van der Waals surface area contributed by atoms with Gasteiger partial charge in [-0.3, -0.25) is 0 Å². The maximum Gasteiger partial charge on any atom is 0.191 e. The van der Waals surface area contributed by atoms with Gasteiger partial charge in [0.15, 0.2) is 5.96 Å². The normalized spacial score (nSPS) is 11.4. The van der Waals surface area contributed by atoms with Crippen molar-refractivity contribution in [2.75, 3.05) is 25.5 Å². The first kappa shape index (κ1) is 17.3. The molecule has 6 heteroatoms.